The zero-order valence-corrected chi connectivity index (χ0v) is 20.7. The van der Waals surface area contributed by atoms with Crippen molar-refractivity contribution in [1.82, 2.24) is 9.55 Å². The number of imidazole rings is 1. The van der Waals surface area contributed by atoms with E-state index in [-0.39, 0.29) is 23.9 Å². The fraction of sp³-hybridized carbons (Fsp3) is 0.115. The minimum absolute atomic E-state index is 0.00754. The maximum atomic E-state index is 13.4. The van der Waals surface area contributed by atoms with E-state index < -0.39 is 17.6 Å². The number of benzene rings is 3. The van der Waals surface area contributed by atoms with E-state index in [0.29, 0.717) is 21.6 Å². The lowest BCUT2D eigenvalue weighted by molar-refractivity contribution is -0.137. The average molecular weight is 545 g/mol. The number of rotatable bonds is 8. The van der Waals surface area contributed by atoms with Crippen molar-refractivity contribution in [2.24, 2.45) is 0 Å². The number of anilines is 2. The topological polar surface area (TPSA) is 76.0 Å². The van der Waals surface area contributed by atoms with Crippen LogP contribution in [0.15, 0.2) is 90.2 Å². The van der Waals surface area contributed by atoms with Gasteiger partial charge in [0.2, 0.25) is 11.8 Å². The molecule has 0 aliphatic heterocycles. The summed E-state index contributed by atoms with van der Waals surface area (Å²) >= 11 is 6.97. The molecule has 0 atom stereocenters. The molecular weight excluding hydrogens is 525 g/mol. The van der Waals surface area contributed by atoms with E-state index >= 15 is 0 Å². The molecule has 4 rings (SSSR count). The molecule has 0 saturated heterocycles. The molecule has 190 valence electrons. The molecule has 3 aromatic carbocycles. The first-order chi connectivity index (χ1) is 17.7. The number of para-hydroxylation sites is 1. The molecule has 0 bridgehead atoms. The molecule has 0 aliphatic carbocycles. The predicted octanol–water partition coefficient (Wildman–Crippen LogP) is 6.59. The Morgan fingerprint density at radius 2 is 1.57 bits per heavy atom. The second kappa shape index (κ2) is 11.5. The molecule has 0 radical (unpaired) electrons. The van der Waals surface area contributed by atoms with Crippen LogP contribution in [0.3, 0.4) is 0 Å². The molecule has 37 heavy (non-hydrogen) atoms. The normalized spacial score (nSPS) is 11.2. The van der Waals surface area contributed by atoms with E-state index in [1.165, 1.54) is 18.2 Å². The Hall–Kier alpha value is -3.76. The second-order valence-electron chi connectivity index (χ2n) is 7.81. The van der Waals surface area contributed by atoms with Crippen LogP contribution in [0.4, 0.5) is 24.5 Å². The number of carbonyl (C=O) groups is 2. The highest BCUT2D eigenvalue weighted by molar-refractivity contribution is 7.99. The van der Waals surface area contributed by atoms with Gasteiger partial charge in [0.05, 0.1) is 28.9 Å². The van der Waals surface area contributed by atoms with Crippen LogP contribution < -0.4 is 10.6 Å². The molecule has 1 aromatic heterocycles. The molecule has 0 fully saturated rings. The summed E-state index contributed by atoms with van der Waals surface area (Å²) in [5.74, 6) is -0.974. The highest BCUT2D eigenvalue weighted by Gasteiger charge is 2.33. The summed E-state index contributed by atoms with van der Waals surface area (Å²) in [7, 11) is 0. The Morgan fingerprint density at radius 3 is 2.27 bits per heavy atom. The van der Waals surface area contributed by atoms with Crippen LogP contribution in [-0.2, 0) is 22.3 Å². The van der Waals surface area contributed by atoms with Gasteiger partial charge in [0.25, 0.3) is 0 Å². The zero-order chi connectivity index (χ0) is 26.4. The maximum Gasteiger partial charge on any atom is 0.418 e. The van der Waals surface area contributed by atoms with Gasteiger partial charge in [-0.05, 0) is 42.0 Å². The van der Waals surface area contributed by atoms with Crippen LogP contribution >= 0.6 is 23.4 Å². The van der Waals surface area contributed by atoms with Crippen LogP contribution in [0.5, 0.6) is 0 Å². The van der Waals surface area contributed by atoms with Gasteiger partial charge in [0, 0.05) is 10.7 Å². The number of hydrogen-bond donors (Lipinski definition) is 2. The highest BCUT2D eigenvalue weighted by Crippen LogP contribution is 2.34. The lowest BCUT2D eigenvalue weighted by Crippen LogP contribution is -2.22. The van der Waals surface area contributed by atoms with Gasteiger partial charge in [-0.15, -0.1) is 0 Å². The van der Waals surface area contributed by atoms with Crippen molar-refractivity contribution in [3.05, 3.63) is 95.6 Å². The number of thioether (sulfide) groups is 1. The highest BCUT2D eigenvalue weighted by atomic mass is 35.5. The van der Waals surface area contributed by atoms with Gasteiger partial charge in [-0.2, -0.15) is 13.2 Å². The van der Waals surface area contributed by atoms with E-state index in [2.05, 4.69) is 15.6 Å². The lowest BCUT2D eigenvalue weighted by atomic mass is 10.1. The van der Waals surface area contributed by atoms with Crippen molar-refractivity contribution >= 4 is 46.6 Å². The second-order valence-corrected chi connectivity index (χ2v) is 9.19. The zero-order valence-electron chi connectivity index (χ0n) is 19.1. The van der Waals surface area contributed by atoms with Crippen molar-refractivity contribution in [1.29, 1.82) is 0 Å². The number of nitrogens with one attached hydrogen (secondary N) is 2. The predicted molar refractivity (Wildman–Crippen MR) is 139 cm³/mol. The Labute approximate surface area is 219 Å². The molecular formula is C26H20ClF3N4O2S. The molecule has 2 amide bonds. The molecule has 0 spiro atoms. The van der Waals surface area contributed by atoms with Gasteiger partial charge in [-0.25, -0.2) is 4.98 Å². The van der Waals surface area contributed by atoms with Crippen molar-refractivity contribution < 1.29 is 22.8 Å². The van der Waals surface area contributed by atoms with Gasteiger partial charge < -0.3 is 15.2 Å². The summed E-state index contributed by atoms with van der Waals surface area (Å²) in [6, 6.07) is 20.5. The number of carbonyl (C=O) groups excluding carboxylic acids is 2. The lowest BCUT2D eigenvalue weighted by Gasteiger charge is -2.15. The van der Waals surface area contributed by atoms with Gasteiger partial charge in [0.1, 0.15) is 6.54 Å². The third-order valence-electron chi connectivity index (χ3n) is 5.16. The quantitative estimate of drug-likeness (QED) is 0.245. The Kier molecular flexibility index (Phi) is 8.20. The summed E-state index contributed by atoms with van der Waals surface area (Å²) in [5.41, 5.74) is 0.645. The fourth-order valence-electron chi connectivity index (χ4n) is 3.50. The van der Waals surface area contributed by atoms with Crippen molar-refractivity contribution in [2.75, 3.05) is 16.4 Å². The number of alkyl halides is 3. The SMILES string of the molecule is O=C(CSc1ncc(-c2ccccc2)n1CC(=O)Nc1ccccc1C(F)(F)F)Nc1ccc(Cl)cc1. The monoisotopic (exact) mass is 544 g/mol. The van der Waals surface area contributed by atoms with E-state index in [4.69, 9.17) is 11.6 Å². The van der Waals surface area contributed by atoms with Crippen LogP contribution in [0, 0.1) is 0 Å². The Morgan fingerprint density at radius 1 is 0.892 bits per heavy atom. The molecule has 1 heterocycles. The molecule has 2 N–H and O–H groups in total. The third kappa shape index (κ3) is 6.93. The van der Waals surface area contributed by atoms with Crippen molar-refractivity contribution in [3.63, 3.8) is 0 Å². The number of amides is 2. The molecule has 4 aromatic rings. The molecule has 11 heteroatoms. The first-order valence-electron chi connectivity index (χ1n) is 11.0. The van der Waals surface area contributed by atoms with Crippen LogP contribution in [0.1, 0.15) is 5.56 Å². The van der Waals surface area contributed by atoms with Crippen molar-refractivity contribution in [2.45, 2.75) is 17.9 Å². The van der Waals surface area contributed by atoms with Gasteiger partial charge in [-0.1, -0.05) is 65.8 Å². The summed E-state index contributed by atoms with van der Waals surface area (Å²) in [4.78, 5) is 29.7. The first-order valence-corrected chi connectivity index (χ1v) is 12.3. The fourth-order valence-corrected chi connectivity index (χ4v) is 4.40. The van der Waals surface area contributed by atoms with E-state index in [1.807, 2.05) is 30.3 Å². The Balaban J connectivity index is 1.53. The number of halogens is 4. The largest absolute Gasteiger partial charge is 0.418 e. The summed E-state index contributed by atoms with van der Waals surface area (Å²) in [5, 5.41) is 6.01. The Bertz CT molecular complexity index is 1390. The first kappa shape index (κ1) is 26.3. The number of aromatic nitrogens is 2. The summed E-state index contributed by atoms with van der Waals surface area (Å²) < 4.78 is 41.7. The van der Waals surface area contributed by atoms with Crippen LogP contribution in [0.25, 0.3) is 11.3 Å². The van der Waals surface area contributed by atoms with Crippen LogP contribution in [-0.4, -0.2) is 27.1 Å². The van der Waals surface area contributed by atoms with E-state index in [1.54, 1.807) is 35.0 Å². The summed E-state index contributed by atoms with van der Waals surface area (Å²) in [6.07, 6.45) is -3.06. The third-order valence-corrected chi connectivity index (χ3v) is 6.40. The van der Waals surface area contributed by atoms with E-state index in [0.717, 1.165) is 23.4 Å². The molecule has 6 nitrogen and oxygen atoms in total. The molecule has 0 aliphatic rings. The smallest absolute Gasteiger partial charge is 0.325 e. The van der Waals surface area contributed by atoms with Gasteiger partial charge >= 0.3 is 6.18 Å². The molecule has 0 saturated carbocycles. The maximum absolute atomic E-state index is 13.4. The minimum atomic E-state index is -4.62. The standard InChI is InChI=1S/C26H20ClF3N4O2S/c27-18-10-12-19(13-11-18)32-24(36)16-37-25-31-14-22(17-6-2-1-3-7-17)34(25)15-23(35)33-21-9-5-4-8-20(21)26(28,29)30/h1-14H,15-16H2,(H,32,36)(H,33,35). The molecule has 0 unspecified atom stereocenters. The minimum Gasteiger partial charge on any atom is -0.325 e. The van der Waals surface area contributed by atoms with E-state index in [9.17, 15) is 22.8 Å². The van der Waals surface area contributed by atoms with Gasteiger partial charge in [-0.3, -0.25) is 9.59 Å². The summed E-state index contributed by atoms with van der Waals surface area (Å²) in [6.45, 7) is -0.308. The number of hydrogen-bond acceptors (Lipinski definition) is 4. The average Bonchev–Trinajstić information content (AvgIpc) is 3.26. The van der Waals surface area contributed by atoms with Crippen LogP contribution in [0.2, 0.25) is 5.02 Å². The number of nitrogens with zero attached hydrogens (tertiary/aromatic N) is 2. The van der Waals surface area contributed by atoms with Gasteiger partial charge in [0.15, 0.2) is 5.16 Å². The van der Waals surface area contributed by atoms with Crippen molar-refractivity contribution in [3.8, 4) is 11.3 Å².